The molecule has 90 valence electrons. The summed E-state index contributed by atoms with van der Waals surface area (Å²) in [7, 11) is 0. The number of benzene rings is 1. The van der Waals surface area contributed by atoms with Crippen LogP contribution in [0.5, 0.6) is 11.5 Å². The normalized spacial score (nSPS) is 10.2. The Hall–Kier alpha value is -2.11. The zero-order valence-corrected chi connectivity index (χ0v) is 9.59. The lowest BCUT2D eigenvalue weighted by molar-refractivity contribution is 0.315. The summed E-state index contributed by atoms with van der Waals surface area (Å²) >= 11 is 0. The maximum atomic E-state index is 5.54. The summed E-state index contributed by atoms with van der Waals surface area (Å²) in [5.74, 6) is 2.30. The first-order valence-corrected chi connectivity index (χ1v) is 5.46. The molecule has 0 fully saturated rings. The molecular formula is C11H14N4O2. The zero-order valence-electron chi connectivity index (χ0n) is 9.59. The van der Waals surface area contributed by atoms with Gasteiger partial charge in [-0.2, -0.15) is 5.21 Å². The van der Waals surface area contributed by atoms with Crippen molar-refractivity contribution in [1.82, 2.24) is 20.6 Å². The summed E-state index contributed by atoms with van der Waals surface area (Å²) in [6.45, 7) is 3.14. The number of hydrogen-bond acceptors (Lipinski definition) is 5. The van der Waals surface area contributed by atoms with E-state index < -0.39 is 0 Å². The monoisotopic (exact) mass is 234 g/mol. The van der Waals surface area contributed by atoms with E-state index in [9.17, 15) is 0 Å². The number of aromatic amines is 1. The maximum absolute atomic E-state index is 5.54. The van der Waals surface area contributed by atoms with Crippen molar-refractivity contribution in [1.29, 1.82) is 0 Å². The van der Waals surface area contributed by atoms with Crippen molar-refractivity contribution in [2.45, 2.75) is 13.3 Å². The lowest BCUT2D eigenvalue weighted by atomic mass is 10.3. The van der Waals surface area contributed by atoms with Gasteiger partial charge in [0.25, 0.3) is 0 Å². The molecular weight excluding hydrogens is 220 g/mol. The fraction of sp³-hybridized carbons (Fsp3) is 0.364. The molecule has 0 radical (unpaired) electrons. The van der Waals surface area contributed by atoms with Gasteiger partial charge in [-0.3, -0.25) is 0 Å². The molecule has 0 aliphatic carbocycles. The van der Waals surface area contributed by atoms with Gasteiger partial charge in [-0.15, -0.1) is 10.2 Å². The van der Waals surface area contributed by atoms with Gasteiger partial charge >= 0.3 is 0 Å². The van der Waals surface area contributed by atoms with Gasteiger partial charge in [0.15, 0.2) is 5.82 Å². The highest BCUT2D eigenvalue weighted by atomic mass is 16.5. The molecule has 1 aromatic heterocycles. The highest BCUT2D eigenvalue weighted by Crippen LogP contribution is 2.17. The molecule has 6 nitrogen and oxygen atoms in total. The molecule has 6 heteroatoms. The molecule has 0 spiro atoms. The van der Waals surface area contributed by atoms with Crippen molar-refractivity contribution in [3.8, 4) is 11.5 Å². The second kappa shape index (κ2) is 5.83. The van der Waals surface area contributed by atoms with E-state index in [2.05, 4.69) is 20.6 Å². The van der Waals surface area contributed by atoms with E-state index >= 15 is 0 Å². The quantitative estimate of drug-likeness (QED) is 0.813. The largest absolute Gasteiger partial charge is 0.494 e. The molecule has 2 aromatic rings. The number of rotatable bonds is 6. The van der Waals surface area contributed by atoms with Crippen LogP contribution in [0.1, 0.15) is 12.7 Å². The van der Waals surface area contributed by atoms with E-state index in [0.29, 0.717) is 25.5 Å². The summed E-state index contributed by atoms with van der Waals surface area (Å²) in [6.07, 6.45) is 0.629. The number of tetrazole rings is 1. The van der Waals surface area contributed by atoms with E-state index in [1.54, 1.807) is 0 Å². The maximum Gasteiger partial charge on any atom is 0.177 e. The topological polar surface area (TPSA) is 72.9 Å². The van der Waals surface area contributed by atoms with Crippen molar-refractivity contribution >= 4 is 0 Å². The fourth-order valence-electron chi connectivity index (χ4n) is 1.35. The third-order valence-electron chi connectivity index (χ3n) is 2.12. The van der Waals surface area contributed by atoms with Crippen LogP contribution in [-0.4, -0.2) is 33.8 Å². The van der Waals surface area contributed by atoms with Crippen molar-refractivity contribution < 1.29 is 9.47 Å². The van der Waals surface area contributed by atoms with Gasteiger partial charge < -0.3 is 9.47 Å². The van der Waals surface area contributed by atoms with Gasteiger partial charge in [0, 0.05) is 6.42 Å². The van der Waals surface area contributed by atoms with Crippen molar-refractivity contribution in [2.24, 2.45) is 0 Å². The number of nitrogens with zero attached hydrogens (tertiary/aromatic N) is 3. The Bertz CT molecular complexity index is 427. The van der Waals surface area contributed by atoms with Crippen molar-refractivity contribution in [3.63, 3.8) is 0 Å². The highest BCUT2D eigenvalue weighted by molar-refractivity contribution is 5.31. The molecule has 0 saturated heterocycles. The molecule has 0 aliphatic heterocycles. The van der Waals surface area contributed by atoms with Crippen LogP contribution in [0.15, 0.2) is 24.3 Å². The summed E-state index contributed by atoms with van der Waals surface area (Å²) in [4.78, 5) is 0. The van der Waals surface area contributed by atoms with Crippen LogP contribution in [-0.2, 0) is 6.42 Å². The van der Waals surface area contributed by atoms with Gasteiger partial charge in [0.05, 0.1) is 13.2 Å². The Balaban J connectivity index is 1.79. The molecule has 1 N–H and O–H groups in total. The molecule has 0 amide bonds. The Labute approximate surface area is 98.9 Å². The first kappa shape index (κ1) is 11.4. The summed E-state index contributed by atoms with van der Waals surface area (Å²) in [6, 6.07) is 7.52. The lowest BCUT2D eigenvalue weighted by Gasteiger charge is -2.06. The molecule has 1 aromatic carbocycles. The average Bonchev–Trinajstić information content (AvgIpc) is 2.85. The molecule has 17 heavy (non-hydrogen) atoms. The highest BCUT2D eigenvalue weighted by Gasteiger charge is 1.99. The minimum Gasteiger partial charge on any atom is -0.494 e. The summed E-state index contributed by atoms with van der Waals surface area (Å²) in [5.41, 5.74) is 0. The van der Waals surface area contributed by atoms with Crippen molar-refractivity contribution in [3.05, 3.63) is 30.1 Å². The van der Waals surface area contributed by atoms with Gasteiger partial charge in [-0.05, 0) is 31.2 Å². The Kier molecular flexibility index (Phi) is 3.90. The van der Waals surface area contributed by atoms with E-state index in [0.717, 1.165) is 11.5 Å². The molecule has 0 bridgehead atoms. The predicted octanol–water partition coefficient (Wildman–Crippen LogP) is 1.22. The van der Waals surface area contributed by atoms with Gasteiger partial charge in [0.2, 0.25) is 0 Å². The van der Waals surface area contributed by atoms with Crippen LogP contribution >= 0.6 is 0 Å². The van der Waals surface area contributed by atoms with Crippen LogP contribution in [0.2, 0.25) is 0 Å². The number of aromatic nitrogens is 4. The van der Waals surface area contributed by atoms with Crippen LogP contribution in [0, 0.1) is 0 Å². The lowest BCUT2D eigenvalue weighted by Crippen LogP contribution is -2.02. The number of nitrogens with one attached hydrogen (secondary N) is 1. The third-order valence-corrected chi connectivity index (χ3v) is 2.12. The Morgan fingerprint density at radius 1 is 1.12 bits per heavy atom. The minimum absolute atomic E-state index is 0.521. The fourth-order valence-corrected chi connectivity index (χ4v) is 1.35. The molecule has 1 heterocycles. The van der Waals surface area contributed by atoms with Gasteiger partial charge in [-0.1, -0.05) is 5.21 Å². The van der Waals surface area contributed by atoms with Crippen LogP contribution in [0.25, 0.3) is 0 Å². The third kappa shape index (κ3) is 3.44. The van der Waals surface area contributed by atoms with E-state index in [1.807, 2.05) is 31.2 Å². The van der Waals surface area contributed by atoms with Crippen LogP contribution in [0.4, 0.5) is 0 Å². The smallest absolute Gasteiger partial charge is 0.177 e. The standard InChI is InChI=1S/C11H14N4O2/c1-2-16-9-3-5-10(6-4-9)17-8-7-11-12-14-15-13-11/h3-6H,2,7-8H2,1H3,(H,12,13,14,15). The number of ether oxygens (including phenoxy) is 2. The first-order valence-electron chi connectivity index (χ1n) is 5.46. The number of H-pyrrole nitrogens is 1. The predicted molar refractivity (Wildman–Crippen MR) is 61.0 cm³/mol. The average molecular weight is 234 g/mol. The molecule has 0 unspecified atom stereocenters. The zero-order chi connectivity index (χ0) is 11.9. The number of hydrogen-bond donors (Lipinski definition) is 1. The van der Waals surface area contributed by atoms with Gasteiger partial charge in [-0.25, -0.2) is 0 Å². The Morgan fingerprint density at radius 3 is 2.41 bits per heavy atom. The molecule has 0 aliphatic rings. The Morgan fingerprint density at radius 2 is 1.82 bits per heavy atom. The van der Waals surface area contributed by atoms with Crippen LogP contribution in [0.3, 0.4) is 0 Å². The molecule has 2 rings (SSSR count). The minimum atomic E-state index is 0.521. The van der Waals surface area contributed by atoms with Crippen molar-refractivity contribution in [2.75, 3.05) is 13.2 Å². The van der Waals surface area contributed by atoms with E-state index in [-0.39, 0.29) is 0 Å². The van der Waals surface area contributed by atoms with E-state index in [4.69, 9.17) is 9.47 Å². The summed E-state index contributed by atoms with van der Waals surface area (Å²) in [5, 5.41) is 13.5. The second-order valence-corrected chi connectivity index (χ2v) is 3.33. The van der Waals surface area contributed by atoms with E-state index in [1.165, 1.54) is 0 Å². The van der Waals surface area contributed by atoms with Crippen LogP contribution < -0.4 is 9.47 Å². The molecule has 0 saturated carbocycles. The van der Waals surface area contributed by atoms with Gasteiger partial charge in [0.1, 0.15) is 11.5 Å². The molecule has 0 atom stereocenters. The first-order chi connectivity index (χ1) is 8.38. The SMILES string of the molecule is CCOc1ccc(OCCc2nn[nH]n2)cc1. The second-order valence-electron chi connectivity index (χ2n) is 3.33. The summed E-state index contributed by atoms with van der Waals surface area (Å²) < 4.78 is 10.9.